The zero-order valence-electron chi connectivity index (χ0n) is 7.00. The molecule has 0 fully saturated rings. The highest BCUT2D eigenvalue weighted by molar-refractivity contribution is 6.42. The lowest BCUT2D eigenvalue weighted by molar-refractivity contribution is -0.132. The van der Waals surface area contributed by atoms with Crippen LogP contribution in [0.5, 0.6) is 0 Å². The first kappa shape index (κ1) is 10.9. The number of aliphatic carboxylic acids is 1. The first-order valence-electron chi connectivity index (χ1n) is 3.67. The van der Waals surface area contributed by atoms with Gasteiger partial charge in [0.25, 0.3) is 0 Å². The van der Waals surface area contributed by atoms with E-state index in [-0.39, 0.29) is 5.70 Å². The molecule has 0 aliphatic rings. The number of rotatable bonds is 2. The van der Waals surface area contributed by atoms with E-state index in [4.69, 9.17) is 34.0 Å². The molecule has 14 heavy (non-hydrogen) atoms. The van der Waals surface area contributed by atoms with Crippen molar-refractivity contribution in [2.24, 2.45) is 5.73 Å². The van der Waals surface area contributed by atoms with Crippen molar-refractivity contribution in [3.8, 4) is 0 Å². The average Bonchev–Trinajstić information content (AvgIpc) is 2.12. The molecule has 3 nitrogen and oxygen atoms in total. The predicted molar refractivity (Wildman–Crippen MR) is 56.3 cm³/mol. The number of carboxylic acids is 1. The van der Waals surface area contributed by atoms with Gasteiger partial charge in [0.1, 0.15) is 5.70 Å². The number of hydrogen-bond acceptors (Lipinski definition) is 2. The van der Waals surface area contributed by atoms with Gasteiger partial charge in [0.05, 0.1) is 10.0 Å². The van der Waals surface area contributed by atoms with Gasteiger partial charge in [-0.3, -0.25) is 0 Å². The van der Waals surface area contributed by atoms with Gasteiger partial charge in [-0.1, -0.05) is 35.3 Å². The van der Waals surface area contributed by atoms with Crippen LogP contribution in [0.1, 0.15) is 5.56 Å². The molecule has 0 spiro atoms. The number of nitrogens with two attached hydrogens (primary N) is 1. The van der Waals surface area contributed by atoms with Gasteiger partial charge in [-0.2, -0.15) is 0 Å². The van der Waals surface area contributed by atoms with Crippen LogP contribution in [0.4, 0.5) is 0 Å². The molecule has 1 aromatic carbocycles. The minimum absolute atomic E-state index is 0.283. The van der Waals surface area contributed by atoms with Crippen molar-refractivity contribution in [3.05, 3.63) is 39.5 Å². The molecule has 0 bridgehead atoms. The Balaban J connectivity index is 3.15. The van der Waals surface area contributed by atoms with Crippen LogP contribution in [0.15, 0.2) is 23.9 Å². The van der Waals surface area contributed by atoms with Crippen LogP contribution in [0.2, 0.25) is 10.0 Å². The van der Waals surface area contributed by atoms with E-state index in [0.29, 0.717) is 15.6 Å². The Bertz CT molecular complexity index is 402. The van der Waals surface area contributed by atoms with Crippen molar-refractivity contribution in [1.82, 2.24) is 0 Å². The van der Waals surface area contributed by atoms with Gasteiger partial charge in [0.15, 0.2) is 0 Å². The van der Waals surface area contributed by atoms with Crippen molar-refractivity contribution >= 4 is 35.2 Å². The van der Waals surface area contributed by atoms with Gasteiger partial charge in [-0.15, -0.1) is 0 Å². The number of hydrogen-bond donors (Lipinski definition) is 2. The first-order valence-corrected chi connectivity index (χ1v) is 4.42. The van der Waals surface area contributed by atoms with Crippen molar-refractivity contribution in [3.63, 3.8) is 0 Å². The topological polar surface area (TPSA) is 63.3 Å². The monoisotopic (exact) mass is 231 g/mol. The fourth-order valence-electron chi connectivity index (χ4n) is 0.861. The van der Waals surface area contributed by atoms with Crippen molar-refractivity contribution in [2.45, 2.75) is 0 Å². The molecule has 0 heterocycles. The molecule has 0 atom stereocenters. The summed E-state index contributed by atoms with van der Waals surface area (Å²) in [5, 5.41) is 9.18. The Morgan fingerprint density at radius 1 is 1.43 bits per heavy atom. The first-order chi connectivity index (χ1) is 6.52. The number of benzene rings is 1. The van der Waals surface area contributed by atoms with Gasteiger partial charge in [0, 0.05) is 0 Å². The smallest absolute Gasteiger partial charge is 0.351 e. The summed E-state index contributed by atoms with van der Waals surface area (Å²) in [6, 6.07) is 4.90. The highest BCUT2D eigenvalue weighted by atomic mass is 35.5. The van der Waals surface area contributed by atoms with Gasteiger partial charge < -0.3 is 10.8 Å². The zero-order valence-corrected chi connectivity index (χ0v) is 8.51. The minimum atomic E-state index is -1.19. The summed E-state index contributed by atoms with van der Waals surface area (Å²) in [5.41, 5.74) is 5.43. The normalized spacial score (nSPS) is 11.4. The van der Waals surface area contributed by atoms with Crippen LogP contribution in [-0.2, 0) is 4.79 Å². The van der Waals surface area contributed by atoms with E-state index < -0.39 is 5.97 Å². The molecule has 5 heteroatoms. The SMILES string of the molecule is N/C(=C/c1cccc(Cl)c1Cl)C(=O)O. The maximum absolute atomic E-state index is 10.4. The molecule has 0 saturated carbocycles. The summed E-state index contributed by atoms with van der Waals surface area (Å²) in [4.78, 5) is 10.4. The van der Waals surface area contributed by atoms with E-state index in [1.165, 1.54) is 6.08 Å². The van der Waals surface area contributed by atoms with Crippen LogP contribution in [0.3, 0.4) is 0 Å². The summed E-state index contributed by atoms with van der Waals surface area (Å²) in [5.74, 6) is -1.19. The highest BCUT2D eigenvalue weighted by Gasteiger charge is 2.05. The third-order valence-corrected chi connectivity index (χ3v) is 2.37. The van der Waals surface area contributed by atoms with E-state index >= 15 is 0 Å². The largest absolute Gasteiger partial charge is 0.477 e. The lowest BCUT2D eigenvalue weighted by Gasteiger charge is -2.00. The van der Waals surface area contributed by atoms with Crippen molar-refractivity contribution in [1.29, 1.82) is 0 Å². The summed E-state index contributed by atoms with van der Waals surface area (Å²) >= 11 is 11.5. The molecular formula is C9H7Cl2NO2. The van der Waals surface area contributed by atoms with Gasteiger partial charge in [-0.25, -0.2) is 4.79 Å². The molecule has 0 saturated heterocycles. The standard InChI is InChI=1S/C9H7Cl2NO2/c10-6-3-1-2-5(8(6)11)4-7(12)9(13)14/h1-4H,12H2,(H,13,14)/b7-4+. The lowest BCUT2D eigenvalue weighted by atomic mass is 10.2. The Kier molecular flexibility index (Phi) is 3.38. The molecule has 1 aromatic rings. The Morgan fingerprint density at radius 2 is 2.07 bits per heavy atom. The molecule has 74 valence electrons. The second-order valence-electron chi connectivity index (χ2n) is 2.55. The maximum Gasteiger partial charge on any atom is 0.351 e. The lowest BCUT2D eigenvalue weighted by Crippen LogP contribution is -2.09. The molecule has 0 aliphatic carbocycles. The van der Waals surface area contributed by atoms with Gasteiger partial charge in [-0.05, 0) is 17.7 Å². The zero-order chi connectivity index (χ0) is 10.7. The highest BCUT2D eigenvalue weighted by Crippen LogP contribution is 2.26. The third kappa shape index (κ3) is 2.40. The Hall–Kier alpha value is -1.19. The van der Waals surface area contributed by atoms with Crippen LogP contribution in [0, 0.1) is 0 Å². The van der Waals surface area contributed by atoms with Crippen molar-refractivity contribution in [2.75, 3.05) is 0 Å². The van der Waals surface area contributed by atoms with E-state index in [2.05, 4.69) is 0 Å². The average molecular weight is 232 g/mol. The summed E-state index contributed by atoms with van der Waals surface area (Å²) in [7, 11) is 0. The second kappa shape index (κ2) is 4.35. The molecule has 0 unspecified atom stereocenters. The van der Waals surface area contributed by atoms with E-state index in [1.807, 2.05) is 0 Å². The summed E-state index contributed by atoms with van der Waals surface area (Å²) in [6.07, 6.45) is 1.26. The van der Waals surface area contributed by atoms with E-state index in [1.54, 1.807) is 18.2 Å². The molecule has 0 radical (unpaired) electrons. The molecule has 1 rings (SSSR count). The molecule has 0 amide bonds. The summed E-state index contributed by atoms with van der Waals surface area (Å²) in [6.45, 7) is 0. The van der Waals surface area contributed by atoms with Crippen LogP contribution in [-0.4, -0.2) is 11.1 Å². The van der Waals surface area contributed by atoms with Crippen LogP contribution < -0.4 is 5.73 Å². The number of carboxylic acid groups (broad SMARTS) is 1. The quantitative estimate of drug-likeness (QED) is 0.769. The second-order valence-corrected chi connectivity index (χ2v) is 3.33. The number of halogens is 2. The molecule has 0 aromatic heterocycles. The Morgan fingerprint density at radius 3 is 2.64 bits per heavy atom. The maximum atomic E-state index is 10.4. The molecule has 0 aliphatic heterocycles. The minimum Gasteiger partial charge on any atom is -0.477 e. The van der Waals surface area contributed by atoms with Crippen LogP contribution in [0.25, 0.3) is 6.08 Å². The van der Waals surface area contributed by atoms with E-state index in [9.17, 15) is 4.79 Å². The van der Waals surface area contributed by atoms with Gasteiger partial charge >= 0.3 is 5.97 Å². The third-order valence-electron chi connectivity index (χ3n) is 1.54. The van der Waals surface area contributed by atoms with Crippen molar-refractivity contribution < 1.29 is 9.90 Å². The molecule has 3 N–H and O–H groups in total. The van der Waals surface area contributed by atoms with E-state index in [0.717, 1.165) is 0 Å². The number of carbonyl (C=O) groups is 1. The Labute approximate surface area is 90.7 Å². The fraction of sp³-hybridized carbons (Fsp3) is 0. The fourth-order valence-corrected chi connectivity index (χ4v) is 1.22. The molecular weight excluding hydrogens is 225 g/mol. The van der Waals surface area contributed by atoms with Crippen LogP contribution >= 0.6 is 23.2 Å². The van der Waals surface area contributed by atoms with Gasteiger partial charge in [0.2, 0.25) is 0 Å². The summed E-state index contributed by atoms with van der Waals surface area (Å²) < 4.78 is 0. The predicted octanol–water partition coefficient (Wildman–Crippen LogP) is 2.38.